The van der Waals surface area contributed by atoms with Crippen LogP contribution in [0.25, 0.3) is 0 Å². The van der Waals surface area contributed by atoms with Gasteiger partial charge in [-0.1, -0.05) is 12.1 Å². The average Bonchev–Trinajstić information content (AvgIpc) is 3.27. The van der Waals surface area contributed by atoms with Crippen molar-refractivity contribution < 1.29 is 17.9 Å². The van der Waals surface area contributed by atoms with E-state index in [-0.39, 0.29) is 16.9 Å². The molecule has 1 N–H and O–H groups in total. The van der Waals surface area contributed by atoms with Crippen molar-refractivity contribution in [2.45, 2.75) is 50.5 Å². The molecule has 3 rings (SSSR count). The fraction of sp³-hybridized carbons (Fsp3) is 0.435. The fourth-order valence-electron chi connectivity index (χ4n) is 3.50. The summed E-state index contributed by atoms with van der Waals surface area (Å²) in [5.74, 6) is 0.660. The third kappa shape index (κ3) is 5.83. The van der Waals surface area contributed by atoms with Gasteiger partial charge in [0.05, 0.1) is 11.0 Å². The number of ether oxygens (including phenoxy) is 1. The molecule has 0 bridgehead atoms. The number of nitrogens with zero attached hydrogens (tertiary/aromatic N) is 1. The third-order valence-electron chi connectivity index (χ3n) is 5.02. The molecular weight excluding hydrogens is 400 g/mol. The van der Waals surface area contributed by atoms with Gasteiger partial charge in [0.1, 0.15) is 5.75 Å². The number of carbonyl (C=O) groups is 1. The van der Waals surface area contributed by atoms with Crippen molar-refractivity contribution in [3.8, 4) is 5.75 Å². The van der Waals surface area contributed by atoms with Crippen LogP contribution in [0.2, 0.25) is 0 Å². The molecule has 6 nitrogen and oxygen atoms in total. The maximum absolute atomic E-state index is 12.6. The number of sulfonamides is 1. The lowest BCUT2D eigenvalue weighted by atomic mass is 10.1. The minimum atomic E-state index is -3.45. The van der Waals surface area contributed by atoms with Gasteiger partial charge >= 0.3 is 0 Å². The fourth-order valence-corrected chi connectivity index (χ4v) is 5.02. The quantitative estimate of drug-likeness (QED) is 0.617. The lowest BCUT2D eigenvalue weighted by Crippen LogP contribution is -2.28. The van der Waals surface area contributed by atoms with E-state index in [4.69, 9.17) is 4.74 Å². The summed E-state index contributed by atoms with van der Waals surface area (Å²) in [5, 5.41) is 2.90. The normalized spacial score (nSPS) is 14.8. The van der Waals surface area contributed by atoms with Crippen LogP contribution in [0.15, 0.2) is 53.4 Å². The van der Waals surface area contributed by atoms with Gasteiger partial charge in [-0.3, -0.25) is 4.79 Å². The lowest BCUT2D eigenvalue weighted by Gasteiger charge is -2.15. The molecule has 2 aromatic carbocycles. The van der Waals surface area contributed by atoms with Crippen LogP contribution >= 0.6 is 0 Å². The number of hydrogen-bond acceptors (Lipinski definition) is 4. The number of benzene rings is 2. The largest absolute Gasteiger partial charge is 0.491 e. The molecule has 162 valence electrons. The molecule has 0 saturated carbocycles. The standard InChI is InChI=1S/C23H30N2O4S/c1-18(2)29-21-9-5-7-19(17-21)8-6-14-24-23(26)20-10-12-22(13-11-20)30(27,28)25-15-3-4-16-25/h5,7,9-13,17-18H,3-4,6,8,14-16H2,1-2H3,(H,24,26). The zero-order valence-electron chi connectivity index (χ0n) is 17.6. The van der Waals surface area contributed by atoms with Crippen LogP contribution in [-0.2, 0) is 16.4 Å². The second kappa shape index (κ2) is 10.1. The molecule has 0 aliphatic carbocycles. The van der Waals surface area contributed by atoms with Crippen LogP contribution in [0, 0.1) is 0 Å². The van der Waals surface area contributed by atoms with Crippen LogP contribution in [0.3, 0.4) is 0 Å². The maximum atomic E-state index is 12.6. The number of rotatable bonds is 9. The first-order valence-electron chi connectivity index (χ1n) is 10.5. The Kier molecular flexibility index (Phi) is 7.50. The average molecular weight is 431 g/mol. The van der Waals surface area contributed by atoms with Crippen LogP contribution in [0.5, 0.6) is 5.75 Å². The summed E-state index contributed by atoms with van der Waals surface area (Å²) in [7, 11) is -3.45. The van der Waals surface area contributed by atoms with E-state index < -0.39 is 10.0 Å². The zero-order valence-corrected chi connectivity index (χ0v) is 18.5. The van der Waals surface area contributed by atoms with E-state index in [1.165, 1.54) is 22.0 Å². The summed E-state index contributed by atoms with van der Waals surface area (Å²) in [6.07, 6.45) is 3.57. The molecule has 7 heteroatoms. The molecule has 1 fully saturated rings. The minimum absolute atomic E-state index is 0.135. The van der Waals surface area contributed by atoms with Crippen molar-refractivity contribution in [3.63, 3.8) is 0 Å². The third-order valence-corrected chi connectivity index (χ3v) is 6.93. The van der Waals surface area contributed by atoms with Crippen molar-refractivity contribution in [1.82, 2.24) is 9.62 Å². The van der Waals surface area contributed by atoms with Crippen LogP contribution < -0.4 is 10.1 Å². The highest BCUT2D eigenvalue weighted by Gasteiger charge is 2.27. The van der Waals surface area contributed by atoms with Gasteiger partial charge in [-0.25, -0.2) is 8.42 Å². The monoisotopic (exact) mass is 430 g/mol. The summed E-state index contributed by atoms with van der Waals surface area (Å²) in [4.78, 5) is 12.6. The Balaban J connectivity index is 1.48. The van der Waals surface area contributed by atoms with E-state index in [0.717, 1.165) is 31.4 Å². The molecule has 0 spiro atoms. The zero-order chi connectivity index (χ0) is 21.6. The van der Waals surface area contributed by atoms with Crippen LogP contribution in [-0.4, -0.2) is 44.4 Å². The summed E-state index contributed by atoms with van der Waals surface area (Å²) < 4.78 is 32.3. The Labute approximate surface area is 179 Å². The minimum Gasteiger partial charge on any atom is -0.491 e. The maximum Gasteiger partial charge on any atom is 0.251 e. The summed E-state index contributed by atoms with van der Waals surface area (Å²) in [6, 6.07) is 14.2. The number of aryl methyl sites for hydroxylation is 1. The SMILES string of the molecule is CC(C)Oc1cccc(CCCNC(=O)c2ccc(S(=O)(=O)N3CCCC3)cc2)c1. The Hall–Kier alpha value is -2.38. The predicted octanol–water partition coefficient (Wildman–Crippen LogP) is 3.62. The second-order valence-electron chi connectivity index (χ2n) is 7.81. The van der Waals surface area contributed by atoms with Crippen molar-refractivity contribution in [3.05, 3.63) is 59.7 Å². The molecule has 1 amide bonds. The molecule has 0 unspecified atom stereocenters. The Morgan fingerprint density at radius 3 is 2.47 bits per heavy atom. The smallest absolute Gasteiger partial charge is 0.251 e. The van der Waals surface area contributed by atoms with Gasteiger partial charge in [-0.2, -0.15) is 4.31 Å². The van der Waals surface area contributed by atoms with E-state index in [1.54, 1.807) is 12.1 Å². The highest BCUT2D eigenvalue weighted by molar-refractivity contribution is 7.89. The molecule has 0 radical (unpaired) electrons. The van der Waals surface area contributed by atoms with Gasteiger partial charge in [0.2, 0.25) is 10.0 Å². The summed E-state index contributed by atoms with van der Waals surface area (Å²) in [5.41, 5.74) is 1.63. The van der Waals surface area contributed by atoms with Crippen molar-refractivity contribution >= 4 is 15.9 Å². The van der Waals surface area contributed by atoms with Crippen LogP contribution in [0.4, 0.5) is 0 Å². The Morgan fingerprint density at radius 1 is 1.10 bits per heavy atom. The second-order valence-corrected chi connectivity index (χ2v) is 9.75. The summed E-state index contributed by atoms with van der Waals surface area (Å²) >= 11 is 0. The van der Waals surface area contributed by atoms with Crippen LogP contribution in [0.1, 0.15) is 49.0 Å². The van der Waals surface area contributed by atoms with Crippen molar-refractivity contribution in [2.24, 2.45) is 0 Å². The van der Waals surface area contributed by atoms with Gasteiger partial charge in [0.15, 0.2) is 0 Å². The molecule has 0 aromatic heterocycles. The van der Waals surface area contributed by atoms with E-state index in [1.807, 2.05) is 32.0 Å². The number of amides is 1. The first-order valence-corrected chi connectivity index (χ1v) is 11.9. The molecule has 2 aromatic rings. The molecular formula is C23H30N2O4S. The number of carbonyl (C=O) groups excluding carboxylic acids is 1. The van der Waals surface area contributed by atoms with Gasteiger partial charge < -0.3 is 10.1 Å². The van der Waals surface area contributed by atoms with Gasteiger partial charge in [-0.15, -0.1) is 0 Å². The van der Waals surface area contributed by atoms with E-state index >= 15 is 0 Å². The van der Waals surface area contributed by atoms with Gasteiger partial charge in [0.25, 0.3) is 5.91 Å². The molecule has 1 aliphatic rings. The van der Waals surface area contributed by atoms with E-state index in [2.05, 4.69) is 11.4 Å². The van der Waals surface area contributed by atoms with Gasteiger partial charge in [-0.05, 0) is 81.5 Å². The molecule has 30 heavy (non-hydrogen) atoms. The molecule has 1 saturated heterocycles. The Morgan fingerprint density at radius 2 is 1.80 bits per heavy atom. The highest BCUT2D eigenvalue weighted by Crippen LogP contribution is 2.21. The number of hydrogen-bond donors (Lipinski definition) is 1. The van der Waals surface area contributed by atoms with Crippen molar-refractivity contribution in [1.29, 1.82) is 0 Å². The van der Waals surface area contributed by atoms with E-state index in [9.17, 15) is 13.2 Å². The molecule has 0 atom stereocenters. The lowest BCUT2D eigenvalue weighted by molar-refractivity contribution is 0.0953. The Bertz CT molecular complexity index is 949. The number of nitrogens with one attached hydrogen (secondary N) is 1. The first kappa shape index (κ1) is 22.3. The predicted molar refractivity (Wildman–Crippen MR) is 117 cm³/mol. The summed E-state index contributed by atoms with van der Waals surface area (Å²) in [6.45, 7) is 5.67. The van der Waals surface area contributed by atoms with Gasteiger partial charge in [0, 0.05) is 25.2 Å². The highest BCUT2D eigenvalue weighted by atomic mass is 32.2. The molecule has 1 aliphatic heterocycles. The first-order chi connectivity index (χ1) is 14.4. The van der Waals surface area contributed by atoms with E-state index in [0.29, 0.717) is 25.2 Å². The van der Waals surface area contributed by atoms with Crippen molar-refractivity contribution in [2.75, 3.05) is 19.6 Å². The topological polar surface area (TPSA) is 75.7 Å². The molecule has 1 heterocycles.